The maximum absolute atomic E-state index is 3.65. The molecule has 0 heteroatoms. The summed E-state index contributed by atoms with van der Waals surface area (Å²) in [4.78, 5) is 0. The van der Waals surface area contributed by atoms with Gasteiger partial charge in [-0.25, -0.2) is 0 Å². The van der Waals surface area contributed by atoms with Crippen molar-refractivity contribution < 1.29 is 0 Å². The van der Waals surface area contributed by atoms with Crippen LogP contribution in [0.2, 0.25) is 0 Å². The molecule has 0 aromatic rings. The average Bonchev–Trinajstić information content (AvgIpc) is 2.02. The molecule has 0 heterocycles. The molecule has 0 N–H and O–H groups in total. The van der Waals surface area contributed by atoms with Gasteiger partial charge in [-0.05, 0) is 18.3 Å². The summed E-state index contributed by atoms with van der Waals surface area (Å²) in [6.07, 6.45) is 9.27. The van der Waals surface area contributed by atoms with Gasteiger partial charge >= 0.3 is 0 Å². The van der Waals surface area contributed by atoms with E-state index >= 15 is 0 Å². The van der Waals surface area contributed by atoms with Crippen LogP contribution < -0.4 is 0 Å². The van der Waals surface area contributed by atoms with Gasteiger partial charge in [-0.3, -0.25) is 0 Å². The molecule has 0 aromatic carbocycles. The molecular formula is C13H22. The molecule has 0 bridgehead atoms. The Morgan fingerprint density at radius 2 is 1.77 bits per heavy atom. The molecular weight excluding hydrogens is 156 g/mol. The van der Waals surface area contributed by atoms with Crippen LogP contribution in [0.5, 0.6) is 0 Å². The lowest BCUT2D eigenvalue weighted by Gasteiger charge is -2.12. The highest BCUT2D eigenvalue weighted by atomic mass is 14.1. The second kappa shape index (κ2) is 6.71. The van der Waals surface area contributed by atoms with Crippen LogP contribution in [0.1, 0.15) is 34.1 Å². The minimum Gasteiger partial charge on any atom is -0.0991 e. The predicted molar refractivity (Wildman–Crippen MR) is 61.7 cm³/mol. The Bertz CT molecular complexity index is 192. The molecule has 0 spiro atoms. The normalized spacial score (nSPS) is 13.2. The Balaban J connectivity index is 4.31. The molecule has 0 atom stereocenters. The van der Waals surface area contributed by atoms with Crippen molar-refractivity contribution in [3.63, 3.8) is 0 Å². The zero-order chi connectivity index (χ0) is 10.3. The van der Waals surface area contributed by atoms with Crippen LogP contribution in [0.4, 0.5) is 0 Å². The van der Waals surface area contributed by atoms with Crippen molar-refractivity contribution in [1.29, 1.82) is 0 Å². The van der Waals surface area contributed by atoms with Crippen LogP contribution >= 0.6 is 0 Å². The van der Waals surface area contributed by atoms with Crippen LogP contribution in [0.15, 0.2) is 36.5 Å². The number of hydrogen-bond acceptors (Lipinski definition) is 0. The van der Waals surface area contributed by atoms with Crippen LogP contribution in [0.25, 0.3) is 0 Å². The topological polar surface area (TPSA) is 0 Å². The third-order valence-electron chi connectivity index (χ3n) is 1.94. The first-order chi connectivity index (χ1) is 6.07. The second-order valence-electron chi connectivity index (χ2n) is 4.11. The number of allylic oxidation sites excluding steroid dienone is 5. The molecule has 74 valence electrons. The fourth-order valence-electron chi connectivity index (χ4n) is 1.23. The summed E-state index contributed by atoms with van der Waals surface area (Å²) < 4.78 is 0. The molecule has 0 amide bonds. The van der Waals surface area contributed by atoms with Crippen LogP contribution in [-0.4, -0.2) is 0 Å². The van der Waals surface area contributed by atoms with Crippen LogP contribution in [0.3, 0.4) is 0 Å². The molecule has 0 fully saturated rings. The molecule has 13 heavy (non-hydrogen) atoms. The Kier molecular flexibility index (Phi) is 6.30. The van der Waals surface area contributed by atoms with E-state index in [1.165, 1.54) is 12.0 Å². The minimum atomic E-state index is 0.650. The van der Waals surface area contributed by atoms with Crippen molar-refractivity contribution in [2.24, 2.45) is 11.8 Å². The van der Waals surface area contributed by atoms with Crippen molar-refractivity contribution in [3.05, 3.63) is 36.5 Å². The van der Waals surface area contributed by atoms with E-state index in [4.69, 9.17) is 0 Å². The molecule has 0 aliphatic rings. The first-order valence-electron chi connectivity index (χ1n) is 5.06. The van der Waals surface area contributed by atoms with E-state index in [1.54, 1.807) is 0 Å². The molecule has 0 aromatic heterocycles. The van der Waals surface area contributed by atoms with Gasteiger partial charge in [0.25, 0.3) is 0 Å². The molecule has 0 saturated carbocycles. The maximum Gasteiger partial charge on any atom is -0.0257 e. The molecule has 0 rings (SSSR count). The summed E-state index contributed by atoms with van der Waals surface area (Å²) in [5, 5.41) is 0. The Morgan fingerprint density at radius 1 is 1.15 bits per heavy atom. The zero-order valence-electron chi connectivity index (χ0n) is 9.38. The fraction of sp³-hybridized carbons (Fsp3) is 0.538. The van der Waals surface area contributed by atoms with E-state index in [2.05, 4.69) is 46.4 Å². The molecule has 0 unspecified atom stereocenters. The van der Waals surface area contributed by atoms with Gasteiger partial charge in [-0.2, -0.15) is 0 Å². The first-order valence-corrected chi connectivity index (χ1v) is 5.06. The van der Waals surface area contributed by atoms with Crippen LogP contribution in [0, 0.1) is 11.8 Å². The molecule has 0 aliphatic carbocycles. The van der Waals surface area contributed by atoms with Gasteiger partial charge in [0.05, 0.1) is 0 Å². The fourth-order valence-corrected chi connectivity index (χ4v) is 1.23. The van der Waals surface area contributed by atoms with E-state index < -0.39 is 0 Å². The average molecular weight is 178 g/mol. The van der Waals surface area contributed by atoms with Crippen LogP contribution in [-0.2, 0) is 0 Å². The van der Waals surface area contributed by atoms with Crippen molar-refractivity contribution >= 4 is 0 Å². The third kappa shape index (κ3) is 6.39. The van der Waals surface area contributed by atoms with Gasteiger partial charge < -0.3 is 0 Å². The standard InChI is InChI=1S/C13H22/c1-6-7-8-9-13(12(4)5)10-11(2)3/h6-9,11-12H,1,10H2,2-5H3/b8-7-,13-9+. The minimum absolute atomic E-state index is 0.650. The Hall–Kier alpha value is -0.780. The highest BCUT2D eigenvalue weighted by Gasteiger charge is 2.04. The van der Waals surface area contributed by atoms with Gasteiger partial charge in [-0.15, -0.1) is 0 Å². The van der Waals surface area contributed by atoms with Crippen molar-refractivity contribution in [1.82, 2.24) is 0 Å². The van der Waals surface area contributed by atoms with E-state index in [0.29, 0.717) is 5.92 Å². The van der Waals surface area contributed by atoms with Gasteiger partial charge in [0.2, 0.25) is 0 Å². The largest absolute Gasteiger partial charge is 0.0991 e. The summed E-state index contributed by atoms with van der Waals surface area (Å²) in [5.41, 5.74) is 1.52. The highest BCUT2D eigenvalue weighted by molar-refractivity contribution is 5.17. The zero-order valence-corrected chi connectivity index (χ0v) is 9.38. The highest BCUT2D eigenvalue weighted by Crippen LogP contribution is 2.18. The summed E-state index contributed by atoms with van der Waals surface area (Å²) in [6, 6.07) is 0. The molecule has 0 saturated heterocycles. The summed E-state index contributed by atoms with van der Waals surface area (Å²) in [5.74, 6) is 1.39. The van der Waals surface area contributed by atoms with Crippen molar-refractivity contribution in [3.8, 4) is 0 Å². The first kappa shape index (κ1) is 12.2. The third-order valence-corrected chi connectivity index (χ3v) is 1.94. The summed E-state index contributed by atoms with van der Waals surface area (Å²) in [7, 11) is 0. The lowest BCUT2D eigenvalue weighted by Crippen LogP contribution is -1.98. The Morgan fingerprint density at radius 3 is 2.15 bits per heavy atom. The number of hydrogen-bond donors (Lipinski definition) is 0. The maximum atomic E-state index is 3.65. The second-order valence-corrected chi connectivity index (χ2v) is 4.11. The smallest absolute Gasteiger partial charge is 0.0257 e. The monoisotopic (exact) mass is 178 g/mol. The van der Waals surface area contributed by atoms with E-state index in [-0.39, 0.29) is 0 Å². The van der Waals surface area contributed by atoms with Crippen molar-refractivity contribution in [2.45, 2.75) is 34.1 Å². The quantitative estimate of drug-likeness (QED) is 0.549. The van der Waals surface area contributed by atoms with E-state index in [0.717, 1.165) is 5.92 Å². The van der Waals surface area contributed by atoms with E-state index in [1.807, 2.05) is 12.2 Å². The van der Waals surface area contributed by atoms with Crippen molar-refractivity contribution in [2.75, 3.05) is 0 Å². The molecule has 0 radical (unpaired) electrons. The lowest BCUT2D eigenvalue weighted by molar-refractivity contribution is 0.587. The number of rotatable bonds is 5. The molecule has 0 nitrogen and oxygen atoms in total. The van der Waals surface area contributed by atoms with Gasteiger partial charge in [0.15, 0.2) is 0 Å². The predicted octanol–water partition coefficient (Wildman–Crippen LogP) is 4.36. The summed E-state index contributed by atoms with van der Waals surface area (Å²) >= 11 is 0. The SMILES string of the molecule is C=C/C=C\C=C(/CC(C)C)C(C)C. The van der Waals surface area contributed by atoms with Gasteiger partial charge in [0.1, 0.15) is 0 Å². The van der Waals surface area contributed by atoms with Gasteiger partial charge in [0, 0.05) is 0 Å². The summed E-state index contributed by atoms with van der Waals surface area (Å²) in [6.45, 7) is 12.7. The van der Waals surface area contributed by atoms with Gasteiger partial charge in [-0.1, -0.05) is 64.2 Å². The van der Waals surface area contributed by atoms with E-state index in [9.17, 15) is 0 Å². The lowest BCUT2D eigenvalue weighted by atomic mass is 9.94. The molecule has 0 aliphatic heterocycles. The Labute approximate surface area is 83.0 Å².